The Morgan fingerprint density at radius 1 is 1.08 bits per heavy atom. The lowest BCUT2D eigenvalue weighted by Gasteiger charge is -2.13. The van der Waals surface area contributed by atoms with Gasteiger partial charge in [0.2, 0.25) is 0 Å². The van der Waals surface area contributed by atoms with E-state index in [0.717, 1.165) is 47.6 Å². The molecule has 0 aliphatic carbocycles. The monoisotopic (exact) mass is 338 g/mol. The molecule has 0 bridgehead atoms. The summed E-state index contributed by atoms with van der Waals surface area (Å²) in [7, 11) is 0. The van der Waals surface area contributed by atoms with Crippen LogP contribution in [-0.2, 0) is 6.54 Å². The SMILES string of the molecule is CCC(O)c1nc2ccccc2n1CCCCOc1ccccc1C. The number of aryl methyl sites for hydroxylation is 2. The van der Waals surface area contributed by atoms with Gasteiger partial charge in [0.1, 0.15) is 17.7 Å². The van der Waals surface area contributed by atoms with Crippen LogP contribution in [0.15, 0.2) is 48.5 Å². The molecule has 0 amide bonds. The maximum atomic E-state index is 10.3. The highest BCUT2D eigenvalue weighted by molar-refractivity contribution is 5.76. The Balaban J connectivity index is 1.62. The van der Waals surface area contributed by atoms with Gasteiger partial charge in [0, 0.05) is 6.54 Å². The van der Waals surface area contributed by atoms with Gasteiger partial charge < -0.3 is 14.4 Å². The predicted octanol–water partition coefficient (Wildman–Crippen LogP) is 4.65. The van der Waals surface area contributed by atoms with E-state index in [2.05, 4.69) is 28.6 Å². The first-order chi connectivity index (χ1) is 12.2. The number of fused-ring (bicyclic) bond motifs is 1. The van der Waals surface area contributed by atoms with Crippen LogP contribution in [0.4, 0.5) is 0 Å². The lowest BCUT2D eigenvalue weighted by molar-refractivity contribution is 0.159. The maximum absolute atomic E-state index is 10.3. The molecule has 0 radical (unpaired) electrons. The number of imidazole rings is 1. The van der Waals surface area contributed by atoms with Crippen molar-refractivity contribution in [2.75, 3.05) is 6.61 Å². The van der Waals surface area contributed by atoms with Crippen LogP contribution in [-0.4, -0.2) is 21.3 Å². The van der Waals surface area contributed by atoms with E-state index in [-0.39, 0.29) is 0 Å². The van der Waals surface area contributed by atoms with Gasteiger partial charge in [-0.25, -0.2) is 4.98 Å². The molecule has 1 heterocycles. The van der Waals surface area contributed by atoms with E-state index < -0.39 is 6.10 Å². The topological polar surface area (TPSA) is 47.3 Å². The largest absolute Gasteiger partial charge is 0.493 e. The molecule has 2 aromatic carbocycles. The molecule has 1 aromatic heterocycles. The first kappa shape index (κ1) is 17.5. The number of nitrogens with zero attached hydrogens (tertiary/aromatic N) is 2. The highest BCUT2D eigenvalue weighted by Gasteiger charge is 2.16. The molecule has 132 valence electrons. The van der Waals surface area contributed by atoms with Crippen LogP contribution in [0.25, 0.3) is 11.0 Å². The van der Waals surface area contributed by atoms with Crippen LogP contribution in [0.2, 0.25) is 0 Å². The zero-order valence-corrected chi connectivity index (χ0v) is 15.0. The number of para-hydroxylation sites is 3. The summed E-state index contributed by atoms with van der Waals surface area (Å²) in [6.07, 6.45) is 2.09. The predicted molar refractivity (Wildman–Crippen MR) is 101 cm³/mol. The van der Waals surface area contributed by atoms with E-state index in [4.69, 9.17) is 4.74 Å². The van der Waals surface area contributed by atoms with E-state index in [1.807, 2.05) is 43.3 Å². The fourth-order valence-corrected chi connectivity index (χ4v) is 3.04. The minimum Gasteiger partial charge on any atom is -0.493 e. The number of aromatic nitrogens is 2. The Labute approximate surface area is 149 Å². The van der Waals surface area contributed by atoms with Crippen molar-refractivity contribution >= 4 is 11.0 Å². The van der Waals surface area contributed by atoms with E-state index in [0.29, 0.717) is 13.0 Å². The van der Waals surface area contributed by atoms with Crippen molar-refractivity contribution in [2.45, 2.75) is 45.8 Å². The quantitative estimate of drug-likeness (QED) is 0.608. The number of hydrogen-bond acceptors (Lipinski definition) is 3. The zero-order chi connectivity index (χ0) is 17.6. The van der Waals surface area contributed by atoms with Gasteiger partial charge in [-0.3, -0.25) is 0 Å². The summed E-state index contributed by atoms with van der Waals surface area (Å²) in [6, 6.07) is 16.2. The third-order valence-corrected chi connectivity index (χ3v) is 4.50. The van der Waals surface area contributed by atoms with Crippen molar-refractivity contribution in [2.24, 2.45) is 0 Å². The van der Waals surface area contributed by atoms with Crippen molar-refractivity contribution in [3.63, 3.8) is 0 Å². The summed E-state index contributed by atoms with van der Waals surface area (Å²) in [5.41, 5.74) is 3.20. The van der Waals surface area contributed by atoms with Crippen LogP contribution in [0, 0.1) is 6.92 Å². The van der Waals surface area contributed by atoms with Crippen LogP contribution in [0.3, 0.4) is 0 Å². The Morgan fingerprint density at radius 3 is 2.64 bits per heavy atom. The first-order valence-electron chi connectivity index (χ1n) is 9.02. The van der Waals surface area contributed by atoms with Crippen LogP contribution >= 0.6 is 0 Å². The number of aliphatic hydroxyl groups excluding tert-OH is 1. The van der Waals surface area contributed by atoms with Gasteiger partial charge in [-0.15, -0.1) is 0 Å². The van der Waals surface area contributed by atoms with Gasteiger partial charge in [0.25, 0.3) is 0 Å². The molecular weight excluding hydrogens is 312 g/mol. The number of unbranched alkanes of at least 4 members (excludes halogenated alkanes) is 1. The second-order valence-corrected chi connectivity index (χ2v) is 6.36. The number of aliphatic hydroxyl groups is 1. The van der Waals surface area contributed by atoms with Crippen LogP contribution < -0.4 is 4.74 Å². The average Bonchev–Trinajstić information content (AvgIpc) is 3.01. The molecule has 3 aromatic rings. The molecule has 4 heteroatoms. The molecule has 3 rings (SSSR count). The van der Waals surface area contributed by atoms with Gasteiger partial charge in [-0.2, -0.15) is 0 Å². The summed E-state index contributed by atoms with van der Waals surface area (Å²) in [4.78, 5) is 4.62. The summed E-state index contributed by atoms with van der Waals surface area (Å²) < 4.78 is 8.02. The lowest BCUT2D eigenvalue weighted by Crippen LogP contribution is -2.09. The average molecular weight is 338 g/mol. The van der Waals surface area contributed by atoms with Crippen molar-refractivity contribution < 1.29 is 9.84 Å². The number of hydrogen-bond donors (Lipinski definition) is 1. The Hall–Kier alpha value is -2.33. The molecular formula is C21H26N2O2. The van der Waals surface area contributed by atoms with Crippen molar-refractivity contribution in [3.05, 3.63) is 59.9 Å². The first-order valence-corrected chi connectivity index (χ1v) is 9.02. The minimum absolute atomic E-state index is 0.518. The van der Waals surface area contributed by atoms with Gasteiger partial charge >= 0.3 is 0 Å². The number of ether oxygens (including phenoxy) is 1. The molecule has 1 unspecified atom stereocenters. The fraction of sp³-hybridized carbons (Fsp3) is 0.381. The molecule has 0 aliphatic rings. The minimum atomic E-state index is -0.518. The second kappa shape index (κ2) is 8.17. The van der Waals surface area contributed by atoms with E-state index in [1.54, 1.807) is 0 Å². The van der Waals surface area contributed by atoms with Crippen LogP contribution in [0.5, 0.6) is 5.75 Å². The molecule has 0 saturated heterocycles. The van der Waals surface area contributed by atoms with Gasteiger partial charge in [-0.05, 0) is 49.9 Å². The van der Waals surface area contributed by atoms with Crippen molar-refractivity contribution in [3.8, 4) is 5.75 Å². The molecule has 0 spiro atoms. The molecule has 1 atom stereocenters. The number of benzene rings is 2. The maximum Gasteiger partial charge on any atom is 0.138 e. The standard InChI is InChI=1S/C21H26N2O2/c1-3-19(24)21-22-17-11-5-6-12-18(17)23(21)14-8-9-15-25-20-13-7-4-10-16(20)2/h4-7,10-13,19,24H,3,8-9,14-15H2,1-2H3. The molecule has 0 aliphatic heterocycles. The van der Waals surface area contributed by atoms with E-state index in [1.165, 1.54) is 0 Å². The normalized spacial score (nSPS) is 12.4. The molecule has 4 nitrogen and oxygen atoms in total. The highest BCUT2D eigenvalue weighted by atomic mass is 16.5. The Bertz CT molecular complexity index is 826. The van der Waals surface area contributed by atoms with Crippen molar-refractivity contribution in [1.82, 2.24) is 9.55 Å². The Morgan fingerprint density at radius 2 is 1.84 bits per heavy atom. The number of rotatable bonds is 8. The Kier molecular flexibility index (Phi) is 5.71. The molecule has 1 N–H and O–H groups in total. The highest BCUT2D eigenvalue weighted by Crippen LogP contribution is 2.23. The molecule has 0 saturated carbocycles. The molecule has 0 fully saturated rings. The fourth-order valence-electron chi connectivity index (χ4n) is 3.04. The third kappa shape index (κ3) is 4.02. The van der Waals surface area contributed by atoms with E-state index in [9.17, 15) is 5.11 Å². The zero-order valence-electron chi connectivity index (χ0n) is 15.0. The smallest absolute Gasteiger partial charge is 0.138 e. The van der Waals surface area contributed by atoms with E-state index >= 15 is 0 Å². The summed E-state index contributed by atoms with van der Waals surface area (Å²) in [5, 5.41) is 10.3. The van der Waals surface area contributed by atoms with Crippen molar-refractivity contribution in [1.29, 1.82) is 0 Å². The molecule has 25 heavy (non-hydrogen) atoms. The van der Waals surface area contributed by atoms with Gasteiger partial charge in [0.15, 0.2) is 0 Å². The third-order valence-electron chi connectivity index (χ3n) is 4.50. The second-order valence-electron chi connectivity index (χ2n) is 6.36. The summed E-state index contributed by atoms with van der Waals surface area (Å²) in [5.74, 6) is 1.72. The summed E-state index contributed by atoms with van der Waals surface area (Å²) >= 11 is 0. The lowest BCUT2D eigenvalue weighted by atomic mass is 10.2. The van der Waals surface area contributed by atoms with Crippen LogP contribution in [0.1, 0.15) is 43.7 Å². The van der Waals surface area contributed by atoms with Gasteiger partial charge in [-0.1, -0.05) is 37.3 Å². The van der Waals surface area contributed by atoms with Gasteiger partial charge in [0.05, 0.1) is 17.6 Å². The summed E-state index contributed by atoms with van der Waals surface area (Å²) in [6.45, 7) is 5.57.